The molecule has 100 valence electrons. The Balaban J connectivity index is 2.07. The highest BCUT2D eigenvalue weighted by molar-refractivity contribution is 7.21. The predicted molar refractivity (Wildman–Crippen MR) is 75.9 cm³/mol. The summed E-state index contributed by atoms with van der Waals surface area (Å²) in [6.45, 7) is 2.62. The molecule has 0 unspecified atom stereocenters. The van der Waals surface area contributed by atoms with Gasteiger partial charge in [0.05, 0.1) is 11.1 Å². The maximum Gasteiger partial charge on any atom is 0.266 e. The van der Waals surface area contributed by atoms with Crippen LogP contribution in [0.3, 0.4) is 0 Å². The van der Waals surface area contributed by atoms with Crippen molar-refractivity contribution in [1.82, 2.24) is 4.90 Å². The first-order chi connectivity index (χ1) is 9.13. The maximum absolute atomic E-state index is 13.8. The van der Waals surface area contributed by atoms with Crippen LogP contribution in [-0.2, 0) is 0 Å². The Morgan fingerprint density at radius 2 is 2.26 bits per heavy atom. The average molecular weight is 278 g/mol. The summed E-state index contributed by atoms with van der Waals surface area (Å²) >= 11 is 1.28. The van der Waals surface area contributed by atoms with E-state index in [1.54, 1.807) is 12.1 Å². The standard InChI is InChI=1S/C14H15FN2OS/c1-2-17(8-6-7-8)14(18)13-12(16)11-9(15)4-3-5-10(11)19-13/h3-5,8H,2,6-7,16H2,1H3. The highest BCUT2D eigenvalue weighted by Gasteiger charge is 2.33. The first kappa shape index (κ1) is 12.4. The van der Waals surface area contributed by atoms with E-state index in [0.29, 0.717) is 22.8 Å². The van der Waals surface area contributed by atoms with Crippen molar-refractivity contribution >= 4 is 33.0 Å². The molecule has 0 spiro atoms. The van der Waals surface area contributed by atoms with Crippen molar-refractivity contribution in [3.05, 3.63) is 28.9 Å². The number of nitrogens with two attached hydrogens (primary N) is 1. The lowest BCUT2D eigenvalue weighted by molar-refractivity contribution is 0.0758. The number of benzene rings is 1. The molecule has 1 saturated carbocycles. The van der Waals surface area contributed by atoms with Crippen molar-refractivity contribution in [2.75, 3.05) is 12.3 Å². The smallest absolute Gasteiger partial charge is 0.266 e. The lowest BCUT2D eigenvalue weighted by Gasteiger charge is -2.19. The van der Waals surface area contributed by atoms with Gasteiger partial charge in [0.15, 0.2) is 0 Å². The average Bonchev–Trinajstić information content (AvgIpc) is 3.15. The van der Waals surface area contributed by atoms with Gasteiger partial charge in [-0.15, -0.1) is 11.3 Å². The molecule has 5 heteroatoms. The maximum atomic E-state index is 13.8. The van der Waals surface area contributed by atoms with Gasteiger partial charge in [0.25, 0.3) is 5.91 Å². The number of thiophene rings is 1. The van der Waals surface area contributed by atoms with Crippen molar-refractivity contribution in [3.8, 4) is 0 Å². The van der Waals surface area contributed by atoms with E-state index >= 15 is 0 Å². The second kappa shape index (κ2) is 4.49. The zero-order valence-corrected chi connectivity index (χ0v) is 11.5. The summed E-state index contributed by atoms with van der Waals surface area (Å²) in [4.78, 5) is 14.8. The highest BCUT2D eigenvalue weighted by Crippen LogP contribution is 2.37. The molecule has 0 radical (unpaired) electrons. The molecule has 1 aromatic carbocycles. The molecule has 0 aliphatic heterocycles. The summed E-state index contributed by atoms with van der Waals surface area (Å²) in [6, 6.07) is 5.15. The van der Waals surface area contributed by atoms with Gasteiger partial charge in [0, 0.05) is 17.3 Å². The number of halogens is 1. The third-order valence-corrected chi connectivity index (χ3v) is 4.64. The van der Waals surface area contributed by atoms with Gasteiger partial charge in [0.1, 0.15) is 10.7 Å². The highest BCUT2D eigenvalue weighted by atomic mass is 32.1. The van der Waals surface area contributed by atoms with Crippen LogP contribution in [0.15, 0.2) is 18.2 Å². The SMILES string of the molecule is CCN(C(=O)c1sc2cccc(F)c2c1N)C1CC1. The van der Waals surface area contributed by atoms with Gasteiger partial charge in [0.2, 0.25) is 0 Å². The lowest BCUT2D eigenvalue weighted by atomic mass is 10.2. The Hall–Kier alpha value is -1.62. The van der Waals surface area contributed by atoms with E-state index in [0.717, 1.165) is 17.5 Å². The van der Waals surface area contributed by atoms with Gasteiger partial charge >= 0.3 is 0 Å². The van der Waals surface area contributed by atoms with Crippen LogP contribution in [0.4, 0.5) is 10.1 Å². The number of hydrogen-bond donors (Lipinski definition) is 1. The Morgan fingerprint density at radius 3 is 2.84 bits per heavy atom. The topological polar surface area (TPSA) is 46.3 Å². The molecule has 19 heavy (non-hydrogen) atoms. The monoisotopic (exact) mass is 278 g/mol. The van der Waals surface area contributed by atoms with E-state index in [4.69, 9.17) is 5.73 Å². The number of rotatable bonds is 3. The number of carbonyl (C=O) groups excluding carboxylic acids is 1. The van der Waals surface area contributed by atoms with Gasteiger partial charge in [-0.1, -0.05) is 6.07 Å². The lowest BCUT2D eigenvalue weighted by Crippen LogP contribution is -2.32. The zero-order valence-electron chi connectivity index (χ0n) is 10.6. The minimum atomic E-state index is -0.361. The van der Waals surface area contributed by atoms with Gasteiger partial charge in [-0.05, 0) is 31.9 Å². The first-order valence-corrected chi connectivity index (χ1v) is 7.22. The number of amides is 1. The van der Waals surface area contributed by atoms with E-state index in [-0.39, 0.29) is 17.4 Å². The molecule has 0 atom stereocenters. The van der Waals surface area contributed by atoms with Crippen LogP contribution >= 0.6 is 11.3 Å². The van der Waals surface area contributed by atoms with Gasteiger partial charge in [-0.25, -0.2) is 4.39 Å². The fourth-order valence-electron chi connectivity index (χ4n) is 2.37. The molecule has 0 bridgehead atoms. The molecule has 1 amide bonds. The Bertz CT molecular complexity index is 648. The summed E-state index contributed by atoms with van der Waals surface area (Å²) in [5.74, 6) is -0.428. The molecule has 2 N–H and O–H groups in total. The van der Waals surface area contributed by atoms with Crippen LogP contribution in [0.2, 0.25) is 0 Å². The van der Waals surface area contributed by atoms with Crippen LogP contribution in [0.25, 0.3) is 10.1 Å². The van der Waals surface area contributed by atoms with E-state index in [2.05, 4.69) is 0 Å². The van der Waals surface area contributed by atoms with E-state index in [1.807, 2.05) is 11.8 Å². The summed E-state index contributed by atoms with van der Waals surface area (Å²) in [7, 11) is 0. The van der Waals surface area contributed by atoms with Crippen LogP contribution in [-0.4, -0.2) is 23.4 Å². The molecule has 3 nitrogen and oxygen atoms in total. The second-order valence-electron chi connectivity index (χ2n) is 4.78. The van der Waals surface area contributed by atoms with Gasteiger partial charge in [-0.2, -0.15) is 0 Å². The number of anilines is 1. The number of nitrogen functional groups attached to an aromatic ring is 1. The van der Waals surface area contributed by atoms with Crippen molar-refractivity contribution in [2.24, 2.45) is 0 Å². The molecule has 0 saturated heterocycles. The zero-order chi connectivity index (χ0) is 13.6. The van der Waals surface area contributed by atoms with Crippen molar-refractivity contribution in [3.63, 3.8) is 0 Å². The summed E-state index contributed by atoms with van der Waals surface area (Å²) < 4.78 is 14.5. The van der Waals surface area contributed by atoms with Crippen LogP contribution in [0.1, 0.15) is 29.4 Å². The number of hydrogen-bond acceptors (Lipinski definition) is 3. The number of fused-ring (bicyclic) bond motifs is 1. The van der Waals surface area contributed by atoms with Crippen LogP contribution < -0.4 is 5.73 Å². The van der Waals surface area contributed by atoms with Crippen LogP contribution in [0, 0.1) is 5.82 Å². The molecule has 1 aliphatic rings. The molecule has 1 heterocycles. The quantitative estimate of drug-likeness (QED) is 0.936. The van der Waals surface area contributed by atoms with E-state index in [1.165, 1.54) is 17.4 Å². The minimum absolute atomic E-state index is 0.0666. The number of carbonyl (C=O) groups is 1. The second-order valence-corrected chi connectivity index (χ2v) is 5.83. The minimum Gasteiger partial charge on any atom is -0.397 e. The largest absolute Gasteiger partial charge is 0.397 e. The van der Waals surface area contributed by atoms with Crippen LogP contribution in [0.5, 0.6) is 0 Å². The molecule has 1 fully saturated rings. The molecular formula is C14H15FN2OS. The normalized spacial score (nSPS) is 14.8. The predicted octanol–water partition coefficient (Wildman–Crippen LogP) is 3.25. The molecule has 1 aliphatic carbocycles. The fourth-order valence-corrected chi connectivity index (χ4v) is 3.47. The fraction of sp³-hybridized carbons (Fsp3) is 0.357. The van der Waals surface area contributed by atoms with E-state index in [9.17, 15) is 9.18 Å². The van der Waals surface area contributed by atoms with E-state index < -0.39 is 0 Å². The third kappa shape index (κ3) is 1.98. The number of nitrogens with zero attached hydrogens (tertiary/aromatic N) is 1. The van der Waals surface area contributed by atoms with Gasteiger partial charge < -0.3 is 10.6 Å². The molecule has 1 aromatic heterocycles. The van der Waals surface area contributed by atoms with Gasteiger partial charge in [-0.3, -0.25) is 4.79 Å². The molecular weight excluding hydrogens is 263 g/mol. The summed E-state index contributed by atoms with van der Waals surface area (Å²) in [5.41, 5.74) is 6.26. The van der Waals surface area contributed by atoms with Crippen molar-refractivity contribution in [1.29, 1.82) is 0 Å². The summed E-state index contributed by atoms with van der Waals surface area (Å²) in [6.07, 6.45) is 2.11. The Kier molecular flexibility index (Phi) is 2.93. The van der Waals surface area contributed by atoms with Crippen molar-refractivity contribution < 1.29 is 9.18 Å². The molecule has 2 aromatic rings. The molecule has 3 rings (SSSR count). The Morgan fingerprint density at radius 1 is 1.53 bits per heavy atom. The Labute approximate surface area is 114 Å². The third-order valence-electron chi connectivity index (χ3n) is 3.48. The first-order valence-electron chi connectivity index (χ1n) is 6.41. The van der Waals surface area contributed by atoms with Crippen molar-refractivity contribution in [2.45, 2.75) is 25.8 Å². The summed E-state index contributed by atoms with van der Waals surface area (Å²) in [5, 5.41) is 0.377.